The van der Waals surface area contributed by atoms with Gasteiger partial charge in [-0.3, -0.25) is 4.90 Å². The second kappa shape index (κ2) is 9.94. The Bertz CT molecular complexity index is 1140. The Balaban J connectivity index is 1.46. The third-order valence-corrected chi connectivity index (χ3v) is 7.06. The summed E-state index contributed by atoms with van der Waals surface area (Å²) < 4.78 is 7.33. The number of fused-ring (bicyclic) bond motifs is 3. The summed E-state index contributed by atoms with van der Waals surface area (Å²) in [6.07, 6.45) is 7.08. The molecule has 0 amide bonds. The van der Waals surface area contributed by atoms with E-state index < -0.39 is 0 Å². The van der Waals surface area contributed by atoms with Crippen LogP contribution in [-0.2, 0) is 35.6 Å². The Hall–Kier alpha value is -2.89. The molecule has 33 heavy (non-hydrogen) atoms. The zero-order chi connectivity index (χ0) is 22.6. The fourth-order valence-corrected chi connectivity index (χ4v) is 5.34. The van der Waals surface area contributed by atoms with Crippen LogP contribution in [0.3, 0.4) is 0 Å². The zero-order valence-electron chi connectivity index (χ0n) is 19.5. The van der Waals surface area contributed by atoms with Gasteiger partial charge in [0.05, 0.1) is 7.11 Å². The van der Waals surface area contributed by atoms with Crippen LogP contribution in [0.1, 0.15) is 35.2 Å². The molecule has 3 aromatic rings. The number of hydrogen-bond acceptors (Lipinski definition) is 4. The smallest absolute Gasteiger partial charge is 0.330 e. The van der Waals surface area contributed by atoms with Crippen molar-refractivity contribution in [3.8, 4) is 0 Å². The van der Waals surface area contributed by atoms with E-state index in [9.17, 15) is 4.79 Å². The van der Waals surface area contributed by atoms with Crippen molar-refractivity contribution in [1.82, 2.24) is 14.4 Å². The van der Waals surface area contributed by atoms with E-state index in [1.807, 2.05) is 6.08 Å². The summed E-state index contributed by atoms with van der Waals surface area (Å²) in [7, 11) is 1.41. The first-order chi connectivity index (χ1) is 16.2. The minimum absolute atomic E-state index is 0.325. The Labute approximate surface area is 196 Å². The van der Waals surface area contributed by atoms with E-state index in [1.54, 1.807) is 0 Å². The van der Waals surface area contributed by atoms with Crippen LogP contribution in [0.5, 0.6) is 0 Å². The third kappa shape index (κ3) is 4.90. The molecule has 0 saturated carbocycles. The van der Waals surface area contributed by atoms with Gasteiger partial charge in [0, 0.05) is 61.8 Å². The molecule has 5 heteroatoms. The summed E-state index contributed by atoms with van der Waals surface area (Å²) in [6, 6.07) is 17.3. The van der Waals surface area contributed by atoms with Crippen LogP contribution in [0.25, 0.3) is 17.0 Å². The maximum atomic E-state index is 11.6. The van der Waals surface area contributed by atoms with Crippen LogP contribution < -0.4 is 0 Å². The first-order valence-corrected chi connectivity index (χ1v) is 12.1. The average molecular weight is 444 g/mol. The van der Waals surface area contributed by atoms with Crippen molar-refractivity contribution in [3.05, 3.63) is 77.0 Å². The molecule has 172 valence electrons. The van der Waals surface area contributed by atoms with Crippen molar-refractivity contribution in [3.63, 3.8) is 0 Å². The molecule has 3 heterocycles. The van der Waals surface area contributed by atoms with Crippen molar-refractivity contribution in [2.24, 2.45) is 0 Å². The number of likely N-dealkylation sites (tertiary alicyclic amines) is 1. The van der Waals surface area contributed by atoms with E-state index >= 15 is 0 Å². The summed E-state index contributed by atoms with van der Waals surface area (Å²) in [5.41, 5.74) is 6.65. The monoisotopic (exact) mass is 443 g/mol. The standard InChI is InChI=1S/C28H33N3O2/c1-33-28(32)12-10-22-9-11-26-24(19-22)25-21-30(20-23-7-3-2-4-8-23)16-13-27(25)31(26)18-17-29-14-5-6-15-29/h2-4,7-12,19H,5-6,13-18,20-21H2,1H3/b12-10+. The fourth-order valence-electron chi connectivity index (χ4n) is 5.34. The molecule has 2 aliphatic rings. The normalized spacial score (nSPS) is 17.1. The number of ether oxygens (including phenoxy) is 1. The van der Waals surface area contributed by atoms with Crippen LogP contribution in [0.15, 0.2) is 54.6 Å². The quantitative estimate of drug-likeness (QED) is 0.399. The van der Waals surface area contributed by atoms with Crippen molar-refractivity contribution >= 4 is 22.9 Å². The van der Waals surface area contributed by atoms with Gasteiger partial charge in [-0.15, -0.1) is 0 Å². The van der Waals surface area contributed by atoms with E-state index in [0.717, 1.165) is 44.7 Å². The van der Waals surface area contributed by atoms with Gasteiger partial charge in [0.2, 0.25) is 0 Å². The highest BCUT2D eigenvalue weighted by molar-refractivity contribution is 5.91. The fraction of sp³-hybridized carbons (Fsp3) is 0.393. The molecule has 1 saturated heterocycles. The van der Waals surface area contributed by atoms with Crippen molar-refractivity contribution < 1.29 is 9.53 Å². The summed E-state index contributed by atoms with van der Waals surface area (Å²) >= 11 is 0. The first-order valence-electron chi connectivity index (χ1n) is 12.1. The van der Waals surface area contributed by atoms with Crippen LogP contribution in [-0.4, -0.2) is 53.6 Å². The number of carbonyl (C=O) groups is 1. The Morgan fingerprint density at radius 2 is 1.82 bits per heavy atom. The number of rotatable bonds is 7. The molecule has 5 nitrogen and oxygen atoms in total. The molecule has 0 unspecified atom stereocenters. The van der Waals surface area contributed by atoms with Gasteiger partial charge in [0.15, 0.2) is 0 Å². The number of methoxy groups -OCH3 is 1. The van der Waals surface area contributed by atoms with Crippen LogP contribution in [0.2, 0.25) is 0 Å². The number of carbonyl (C=O) groups excluding carboxylic acids is 1. The molecule has 0 radical (unpaired) electrons. The molecule has 0 spiro atoms. The maximum absolute atomic E-state index is 11.6. The Morgan fingerprint density at radius 1 is 1.00 bits per heavy atom. The van der Waals surface area contributed by atoms with E-state index in [2.05, 4.69) is 62.9 Å². The van der Waals surface area contributed by atoms with Gasteiger partial charge in [-0.1, -0.05) is 36.4 Å². The number of esters is 1. The van der Waals surface area contributed by atoms with Crippen LogP contribution in [0, 0.1) is 0 Å². The van der Waals surface area contributed by atoms with E-state index in [1.165, 1.54) is 66.8 Å². The van der Waals surface area contributed by atoms with Gasteiger partial charge in [-0.05, 0) is 60.8 Å². The molecule has 0 aliphatic carbocycles. The second-order valence-electron chi connectivity index (χ2n) is 9.20. The SMILES string of the molecule is COC(=O)/C=C/c1ccc2c(c1)c1c(n2CCN2CCCC2)CCN(Cc2ccccc2)C1. The van der Waals surface area contributed by atoms with Gasteiger partial charge in [-0.25, -0.2) is 4.79 Å². The molecule has 0 atom stereocenters. The second-order valence-corrected chi connectivity index (χ2v) is 9.20. The highest BCUT2D eigenvalue weighted by atomic mass is 16.5. The summed E-state index contributed by atoms with van der Waals surface area (Å²) in [5.74, 6) is -0.325. The summed E-state index contributed by atoms with van der Waals surface area (Å²) in [6.45, 7) is 7.64. The molecule has 2 aromatic carbocycles. The largest absolute Gasteiger partial charge is 0.466 e. The number of nitrogens with zero attached hydrogens (tertiary/aromatic N) is 3. The van der Waals surface area contributed by atoms with E-state index in [0.29, 0.717) is 0 Å². The topological polar surface area (TPSA) is 37.7 Å². The third-order valence-electron chi connectivity index (χ3n) is 7.06. The van der Waals surface area contributed by atoms with Crippen LogP contribution in [0.4, 0.5) is 0 Å². The molecule has 0 bridgehead atoms. The lowest BCUT2D eigenvalue weighted by molar-refractivity contribution is -0.134. The van der Waals surface area contributed by atoms with Gasteiger partial charge in [-0.2, -0.15) is 0 Å². The zero-order valence-corrected chi connectivity index (χ0v) is 19.5. The van der Waals surface area contributed by atoms with Gasteiger partial charge < -0.3 is 14.2 Å². The maximum Gasteiger partial charge on any atom is 0.330 e. The molecule has 0 N–H and O–H groups in total. The molecule has 5 rings (SSSR count). The number of benzene rings is 2. The van der Waals surface area contributed by atoms with Crippen molar-refractivity contribution in [1.29, 1.82) is 0 Å². The van der Waals surface area contributed by atoms with Crippen molar-refractivity contribution in [2.75, 3.05) is 33.3 Å². The minimum Gasteiger partial charge on any atom is -0.466 e. The average Bonchev–Trinajstić information content (AvgIpc) is 3.47. The van der Waals surface area contributed by atoms with E-state index in [4.69, 9.17) is 4.74 Å². The highest BCUT2D eigenvalue weighted by Crippen LogP contribution is 2.33. The highest BCUT2D eigenvalue weighted by Gasteiger charge is 2.24. The lowest BCUT2D eigenvalue weighted by Crippen LogP contribution is -2.31. The predicted octanol–water partition coefficient (Wildman–Crippen LogP) is 4.48. The minimum atomic E-state index is -0.325. The van der Waals surface area contributed by atoms with Gasteiger partial charge in [0.25, 0.3) is 0 Å². The molecule has 1 aromatic heterocycles. The Kier molecular flexibility index (Phi) is 6.60. The lowest BCUT2D eigenvalue weighted by atomic mass is 10.0. The predicted molar refractivity (Wildman–Crippen MR) is 133 cm³/mol. The summed E-state index contributed by atoms with van der Waals surface area (Å²) in [4.78, 5) is 16.7. The van der Waals surface area contributed by atoms with Gasteiger partial charge in [0.1, 0.15) is 0 Å². The van der Waals surface area contributed by atoms with Gasteiger partial charge >= 0.3 is 5.97 Å². The van der Waals surface area contributed by atoms with Crippen molar-refractivity contribution in [2.45, 2.75) is 38.9 Å². The lowest BCUT2D eigenvalue weighted by Gasteiger charge is -2.28. The number of hydrogen-bond donors (Lipinski definition) is 0. The van der Waals surface area contributed by atoms with Crippen LogP contribution >= 0.6 is 0 Å². The van der Waals surface area contributed by atoms with E-state index in [-0.39, 0.29) is 5.97 Å². The first kappa shape index (κ1) is 21.9. The molecular weight excluding hydrogens is 410 g/mol. The molecule has 2 aliphatic heterocycles. The molecule has 1 fully saturated rings. The summed E-state index contributed by atoms with van der Waals surface area (Å²) in [5, 5.41) is 1.32. The Morgan fingerprint density at radius 3 is 2.61 bits per heavy atom. The number of aromatic nitrogens is 1. The molecular formula is C28H33N3O2.